The first kappa shape index (κ1) is 25.3. The fraction of sp³-hybridized carbons (Fsp3) is 0.130. The molecule has 4 aromatic rings. The van der Waals surface area contributed by atoms with Gasteiger partial charge in [-0.1, -0.05) is 11.6 Å². The summed E-state index contributed by atoms with van der Waals surface area (Å²) in [5, 5.41) is -0.145. The molecule has 3 aromatic heterocycles. The molecular weight excluding hydrogens is 551 g/mol. The highest BCUT2D eigenvalue weighted by Crippen LogP contribution is 2.35. The third-order valence-electron chi connectivity index (χ3n) is 5.50. The Morgan fingerprint density at radius 2 is 1.92 bits per heavy atom. The first-order valence-corrected chi connectivity index (χ1v) is 13.3. The van der Waals surface area contributed by atoms with Crippen molar-refractivity contribution in [3.05, 3.63) is 87.7 Å². The van der Waals surface area contributed by atoms with Crippen molar-refractivity contribution in [2.24, 2.45) is 10.7 Å². The molecule has 0 bridgehead atoms. The molecule has 1 aliphatic heterocycles. The van der Waals surface area contributed by atoms with Crippen LogP contribution in [0.15, 0.2) is 74.6 Å². The summed E-state index contributed by atoms with van der Waals surface area (Å²) in [6, 6.07) is 12.1. The Morgan fingerprint density at radius 1 is 1.16 bits per heavy atom. The van der Waals surface area contributed by atoms with Crippen molar-refractivity contribution in [3.63, 3.8) is 0 Å². The van der Waals surface area contributed by atoms with Crippen molar-refractivity contribution in [2.75, 3.05) is 9.62 Å². The van der Waals surface area contributed by atoms with Gasteiger partial charge in [0.05, 0.1) is 28.1 Å². The largest absolute Gasteiger partial charge is 0.446 e. The van der Waals surface area contributed by atoms with E-state index < -0.39 is 27.9 Å². The van der Waals surface area contributed by atoms with Crippen molar-refractivity contribution in [3.8, 4) is 0 Å². The van der Waals surface area contributed by atoms with Gasteiger partial charge in [0, 0.05) is 28.9 Å². The van der Waals surface area contributed by atoms with Crippen LogP contribution < -0.4 is 15.4 Å². The van der Waals surface area contributed by atoms with Crippen molar-refractivity contribution in [1.29, 1.82) is 0 Å². The Bertz CT molecular complexity index is 1580. The number of hydrogen-bond acceptors (Lipinski definition) is 8. The molecule has 1 aliphatic rings. The predicted octanol–water partition coefficient (Wildman–Crippen LogP) is 5.94. The minimum atomic E-state index is -4.56. The van der Waals surface area contributed by atoms with E-state index in [9.17, 15) is 21.6 Å². The Labute approximate surface area is 218 Å². The van der Waals surface area contributed by atoms with Crippen LogP contribution in [0.4, 0.5) is 30.4 Å². The third-order valence-corrected chi connectivity index (χ3v) is 8.78. The zero-order chi connectivity index (χ0) is 26.4. The van der Waals surface area contributed by atoms with E-state index in [2.05, 4.69) is 14.7 Å². The molecule has 1 atom stereocenters. The number of thiophene rings is 1. The highest BCUT2D eigenvalue weighted by Gasteiger charge is 2.31. The first-order valence-electron chi connectivity index (χ1n) is 10.6. The molecule has 0 aliphatic carbocycles. The molecule has 4 heterocycles. The van der Waals surface area contributed by atoms with Gasteiger partial charge >= 0.3 is 6.18 Å². The molecule has 0 fully saturated rings. The number of rotatable bonds is 6. The number of furan rings is 1. The maximum absolute atomic E-state index is 12.9. The molecule has 0 spiro atoms. The summed E-state index contributed by atoms with van der Waals surface area (Å²) < 4.78 is 72.1. The summed E-state index contributed by atoms with van der Waals surface area (Å²) in [5.74, 6) is 0.444. The van der Waals surface area contributed by atoms with E-state index in [0.717, 1.165) is 23.0 Å². The summed E-state index contributed by atoms with van der Waals surface area (Å²) in [5.41, 5.74) is 7.30. The molecule has 192 valence electrons. The van der Waals surface area contributed by atoms with Crippen LogP contribution >= 0.6 is 22.9 Å². The Morgan fingerprint density at radius 3 is 2.62 bits per heavy atom. The molecule has 1 aromatic carbocycles. The summed E-state index contributed by atoms with van der Waals surface area (Å²) in [4.78, 5) is 10.3. The second-order valence-corrected chi connectivity index (χ2v) is 11.5. The standard InChI is InChI=1S/C23H17ClF3N5O3S2/c24-18-9-13(23(25,26)27)11-29-19(18)10-16-5-6-20(36-16)37(33,34)31-14-1-3-15(4-2-14)32-12-30-22-17(21(32)28)7-8-35-22/h1-9,11-12,21,31H,10,28H2. The lowest BCUT2D eigenvalue weighted by molar-refractivity contribution is -0.137. The number of benzene rings is 1. The van der Waals surface area contributed by atoms with E-state index in [-0.39, 0.29) is 21.3 Å². The lowest BCUT2D eigenvalue weighted by Gasteiger charge is -2.29. The van der Waals surface area contributed by atoms with Crippen LogP contribution in [0.25, 0.3) is 0 Å². The van der Waals surface area contributed by atoms with Gasteiger partial charge in [0.1, 0.15) is 16.7 Å². The number of anilines is 2. The van der Waals surface area contributed by atoms with Gasteiger partial charge in [-0.05, 0) is 48.5 Å². The minimum Gasteiger partial charge on any atom is -0.446 e. The lowest BCUT2D eigenvalue weighted by atomic mass is 10.2. The smallest absolute Gasteiger partial charge is 0.417 e. The van der Waals surface area contributed by atoms with E-state index in [1.165, 1.54) is 12.3 Å². The predicted molar refractivity (Wildman–Crippen MR) is 135 cm³/mol. The molecule has 0 radical (unpaired) electrons. The number of pyridine rings is 1. The fourth-order valence-electron chi connectivity index (χ4n) is 3.63. The Kier molecular flexibility index (Phi) is 6.48. The Balaban J connectivity index is 1.27. The van der Waals surface area contributed by atoms with Crippen molar-refractivity contribution < 1.29 is 26.0 Å². The first-order chi connectivity index (χ1) is 17.5. The number of aliphatic imine (C=N–C) groups is 1. The highest BCUT2D eigenvalue weighted by atomic mass is 35.5. The van der Waals surface area contributed by atoms with Gasteiger partial charge in [0.15, 0.2) is 0 Å². The number of hydrogen-bond donors (Lipinski definition) is 2. The molecular formula is C23H17ClF3N5O3S2. The van der Waals surface area contributed by atoms with Crippen molar-refractivity contribution in [1.82, 2.24) is 4.98 Å². The van der Waals surface area contributed by atoms with E-state index in [1.54, 1.807) is 47.6 Å². The van der Waals surface area contributed by atoms with Gasteiger partial charge < -0.3 is 15.1 Å². The highest BCUT2D eigenvalue weighted by molar-refractivity contribution is 7.94. The van der Waals surface area contributed by atoms with Crippen LogP contribution in [-0.2, 0) is 22.6 Å². The SMILES string of the molecule is NC1c2ccoc2N=CN1c1ccc(NS(=O)(=O)c2ccc(Cc3ncc(C(F)(F)F)cc3Cl)s2)cc1. The number of halogens is 4. The molecule has 0 saturated carbocycles. The van der Waals surface area contributed by atoms with E-state index in [1.807, 2.05) is 0 Å². The summed E-state index contributed by atoms with van der Waals surface area (Å²) >= 11 is 6.94. The minimum absolute atomic E-state index is 0.0345. The van der Waals surface area contributed by atoms with Crippen molar-refractivity contribution >= 4 is 56.6 Å². The van der Waals surface area contributed by atoms with Gasteiger partial charge in [0.2, 0.25) is 5.88 Å². The third kappa shape index (κ3) is 5.21. The number of nitrogens with two attached hydrogens (primary N) is 1. The average Bonchev–Trinajstić information content (AvgIpc) is 3.51. The average molecular weight is 568 g/mol. The molecule has 0 amide bonds. The monoisotopic (exact) mass is 567 g/mol. The number of nitrogens with one attached hydrogen (secondary N) is 1. The molecule has 8 nitrogen and oxygen atoms in total. The zero-order valence-electron chi connectivity index (χ0n) is 18.6. The maximum atomic E-state index is 12.9. The van der Waals surface area contributed by atoms with E-state index in [4.69, 9.17) is 21.8 Å². The van der Waals surface area contributed by atoms with Crippen LogP contribution in [0.3, 0.4) is 0 Å². The second-order valence-electron chi connectivity index (χ2n) is 7.98. The number of aromatic nitrogens is 1. The summed E-state index contributed by atoms with van der Waals surface area (Å²) in [7, 11) is -3.91. The van der Waals surface area contributed by atoms with E-state index in [0.29, 0.717) is 28.3 Å². The molecule has 1 unspecified atom stereocenters. The number of fused-ring (bicyclic) bond motifs is 1. The Hall–Kier alpha value is -3.39. The van der Waals surface area contributed by atoms with Crippen LogP contribution in [-0.4, -0.2) is 19.7 Å². The lowest BCUT2D eigenvalue weighted by Crippen LogP contribution is -2.35. The van der Waals surface area contributed by atoms with E-state index >= 15 is 0 Å². The summed E-state index contributed by atoms with van der Waals surface area (Å²) in [6.45, 7) is 0. The van der Waals surface area contributed by atoms with Gasteiger partial charge in [-0.15, -0.1) is 11.3 Å². The number of alkyl halides is 3. The number of sulfonamides is 1. The molecule has 37 heavy (non-hydrogen) atoms. The topological polar surface area (TPSA) is 114 Å². The molecule has 3 N–H and O–H groups in total. The maximum Gasteiger partial charge on any atom is 0.417 e. The van der Waals surface area contributed by atoms with Crippen LogP contribution in [0.1, 0.15) is 27.9 Å². The van der Waals surface area contributed by atoms with Gasteiger partial charge in [-0.25, -0.2) is 13.4 Å². The normalized spacial score (nSPS) is 15.6. The fourth-order valence-corrected chi connectivity index (χ4v) is 6.28. The van der Waals surface area contributed by atoms with Crippen LogP contribution in [0.5, 0.6) is 0 Å². The van der Waals surface area contributed by atoms with Crippen LogP contribution in [0.2, 0.25) is 5.02 Å². The second kappa shape index (κ2) is 9.49. The van der Waals surface area contributed by atoms with Crippen molar-refractivity contribution in [2.45, 2.75) is 23.0 Å². The van der Waals surface area contributed by atoms with Crippen LogP contribution in [0, 0.1) is 0 Å². The van der Waals surface area contributed by atoms with Gasteiger partial charge in [-0.2, -0.15) is 13.2 Å². The quantitative estimate of drug-likeness (QED) is 0.298. The molecule has 14 heteroatoms. The number of nitrogens with zero attached hydrogens (tertiary/aromatic N) is 3. The zero-order valence-corrected chi connectivity index (χ0v) is 21.0. The van der Waals surface area contributed by atoms with Gasteiger partial charge in [0.25, 0.3) is 10.0 Å². The molecule has 5 rings (SSSR count). The van der Waals surface area contributed by atoms with Gasteiger partial charge in [-0.3, -0.25) is 9.71 Å². The molecule has 0 saturated heterocycles. The summed E-state index contributed by atoms with van der Waals surface area (Å²) in [6.07, 6.45) is -1.23.